The summed E-state index contributed by atoms with van der Waals surface area (Å²) in [5, 5.41) is 0.788. The van der Waals surface area contributed by atoms with Crippen LogP contribution in [-0.2, 0) is 6.54 Å². The normalized spacial score (nSPS) is 12.3. The Bertz CT molecular complexity index is 1680. The van der Waals surface area contributed by atoms with Crippen molar-refractivity contribution in [3.63, 3.8) is 0 Å². The SMILES string of the molecule is CCC(c1nc2c(oc3ccccc32)c(=O)n1Cc1ccccc1)N(CCCN(C)C)C(=O)c1ccc(Br)cc1. The number of fused-ring (bicyclic) bond motifs is 3. The summed E-state index contributed by atoms with van der Waals surface area (Å²) in [6, 6.07) is 24.4. The molecule has 0 radical (unpaired) electrons. The van der Waals surface area contributed by atoms with E-state index in [9.17, 15) is 9.59 Å². The van der Waals surface area contributed by atoms with Crippen LogP contribution in [0.25, 0.3) is 22.1 Å². The Balaban J connectivity index is 1.69. The van der Waals surface area contributed by atoms with Crippen LogP contribution in [-0.4, -0.2) is 52.4 Å². The molecule has 5 rings (SSSR count). The number of rotatable bonds is 10. The molecule has 0 spiro atoms. The van der Waals surface area contributed by atoms with Gasteiger partial charge in [0.15, 0.2) is 0 Å². The van der Waals surface area contributed by atoms with E-state index in [1.807, 2.05) is 105 Å². The maximum absolute atomic E-state index is 14.1. The predicted octanol–water partition coefficient (Wildman–Crippen LogP) is 6.50. The fourth-order valence-corrected chi connectivity index (χ4v) is 5.38. The molecule has 2 aromatic heterocycles. The van der Waals surface area contributed by atoms with Gasteiger partial charge in [-0.2, -0.15) is 0 Å². The van der Waals surface area contributed by atoms with Gasteiger partial charge in [-0.05, 0) is 75.4 Å². The summed E-state index contributed by atoms with van der Waals surface area (Å²) in [5.41, 5.74) is 2.70. The first-order chi connectivity index (χ1) is 19.4. The van der Waals surface area contributed by atoms with Gasteiger partial charge >= 0.3 is 0 Å². The van der Waals surface area contributed by atoms with Crippen LogP contribution in [0.1, 0.15) is 47.6 Å². The second-order valence-corrected chi connectivity index (χ2v) is 11.1. The van der Waals surface area contributed by atoms with Crippen molar-refractivity contribution >= 4 is 43.9 Å². The molecule has 1 atom stereocenters. The molecule has 0 fully saturated rings. The highest BCUT2D eigenvalue weighted by molar-refractivity contribution is 9.10. The van der Waals surface area contributed by atoms with E-state index in [-0.39, 0.29) is 17.0 Å². The zero-order valence-corrected chi connectivity index (χ0v) is 24.6. The lowest BCUT2D eigenvalue weighted by atomic mass is 10.1. The highest BCUT2D eigenvalue weighted by atomic mass is 79.9. The minimum absolute atomic E-state index is 0.0873. The van der Waals surface area contributed by atoms with Crippen molar-refractivity contribution in [2.45, 2.75) is 32.4 Å². The van der Waals surface area contributed by atoms with Crippen LogP contribution in [0.15, 0.2) is 92.5 Å². The number of aromatic nitrogens is 2. The fraction of sp³-hybridized carbons (Fsp3) is 0.281. The monoisotopic (exact) mass is 600 g/mol. The summed E-state index contributed by atoms with van der Waals surface area (Å²) in [5.74, 6) is 0.474. The molecule has 0 bridgehead atoms. The maximum Gasteiger partial charge on any atom is 0.297 e. The molecular weight excluding hydrogens is 568 g/mol. The van der Waals surface area contributed by atoms with Crippen LogP contribution in [0, 0.1) is 0 Å². The van der Waals surface area contributed by atoms with Crippen LogP contribution < -0.4 is 5.56 Å². The molecule has 5 aromatic rings. The second kappa shape index (κ2) is 12.2. The third-order valence-corrected chi connectivity index (χ3v) is 7.64. The smallest absolute Gasteiger partial charge is 0.297 e. The fourth-order valence-electron chi connectivity index (χ4n) is 5.12. The molecule has 3 aromatic carbocycles. The highest BCUT2D eigenvalue weighted by Crippen LogP contribution is 2.30. The Morgan fingerprint density at radius 1 is 0.975 bits per heavy atom. The molecule has 7 nitrogen and oxygen atoms in total. The Kier molecular flexibility index (Phi) is 8.47. The number of para-hydroxylation sites is 1. The molecule has 0 saturated carbocycles. The molecule has 2 heterocycles. The summed E-state index contributed by atoms with van der Waals surface area (Å²) >= 11 is 3.47. The number of amides is 1. The summed E-state index contributed by atoms with van der Waals surface area (Å²) in [6.45, 7) is 3.71. The Labute approximate surface area is 242 Å². The minimum atomic E-state index is -0.423. The number of hydrogen-bond donors (Lipinski definition) is 0. The summed E-state index contributed by atoms with van der Waals surface area (Å²) < 4.78 is 8.61. The summed E-state index contributed by atoms with van der Waals surface area (Å²) in [4.78, 5) is 37.2. The van der Waals surface area contributed by atoms with Crippen molar-refractivity contribution < 1.29 is 9.21 Å². The Morgan fingerprint density at radius 2 is 1.68 bits per heavy atom. The highest BCUT2D eigenvalue weighted by Gasteiger charge is 2.30. The number of hydrogen-bond acceptors (Lipinski definition) is 5. The molecule has 0 N–H and O–H groups in total. The number of nitrogens with zero attached hydrogens (tertiary/aromatic N) is 4. The lowest BCUT2D eigenvalue weighted by Gasteiger charge is -2.32. The predicted molar refractivity (Wildman–Crippen MR) is 163 cm³/mol. The number of halogens is 1. The van der Waals surface area contributed by atoms with Gasteiger partial charge in [-0.15, -0.1) is 0 Å². The van der Waals surface area contributed by atoms with E-state index >= 15 is 0 Å². The number of benzene rings is 3. The van der Waals surface area contributed by atoms with Crippen molar-refractivity contribution in [2.75, 3.05) is 27.2 Å². The van der Waals surface area contributed by atoms with Crippen LogP contribution in [0.2, 0.25) is 0 Å². The van der Waals surface area contributed by atoms with Crippen LogP contribution in [0.5, 0.6) is 0 Å². The summed E-state index contributed by atoms with van der Waals surface area (Å²) in [6.07, 6.45) is 1.37. The van der Waals surface area contributed by atoms with Crippen molar-refractivity contribution in [3.8, 4) is 0 Å². The van der Waals surface area contributed by atoms with Crippen molar-refractivity contribution in [3.05, 3.63) is 111 Å². The van der Waals surface area contributed by atoms with Gasteiger partial charge in [-0.1, -0.05) is 65.3 Å². The largest absolute Gasteiger partial charge is 0.448 e. The van der Waals surface area contributed by atoms with Gasteiger partial charge in [0.1, 0.15) is 16.9 Å². The van der Waals surface area contributed by atoms with Gasteiger partial charge in [-0.3, -0.25) is 14.2 Å². The molecule has 1 amide bonds. The molecule has 0 saturated heterocycles. The average Bonchev–Trinajstić information content (AvgIpc) is 3.34. The van der Waals surface area contributed by atoms with Crippen molar-refractivity contribution in [1.82, 2.24) is 19.4 Å². The van der Waals surface area contributed by atoms with Gasteiger partial charge in [0, 0.05) is 22.0 Å². The first-order valence-electron chi connectivity index (χ1n) is 13.5. The van der Waals surface area contributed by atoms with E-state index in [0.29, 0.717) is 42.0 Å². The molecule has 0 aliphatic heterocycles. The van der Waals surface area contributed by atoms with E-state index < -0.39 is 6.04 Å². The Morgan fingerprint density at radius 3 is 2.38 bits per heavy atom. The topological polar surface area (TPSA) is 71.6 Å². The van der Waals surface area contributed by atoms with E-state index in [4.69, 9.17) is 9.40 Å². The quantitative estimate of drug-likeness (QED) is 0.183. The number of furan rings is 1. The van der Waals surface area contributed by atoms with E-state index in [0.717, 1.165) is 28.4 Å². The average molecular weight is 602 g/mol. The zero-order chi connectivity index (χ0) is 28.2. The lowest BCUT2D eigenvalue weighted by Crippen LogP contribution is -2.40. The van der Waals surface area contributed by atoms with Crippen molar-refractivity contribution in [2.24, 2.45) is 0 Å². The van der Waals surface area contributed by atoms with Gasteiger partial charge < -0.3 is 14.2 Å². The third-order valence-electron chi connectivity index (χ3n) is 7.11. The van der Waals surface area contributed by atoms with Gasteiger partial charge in [0.05, 0.1) is 12.6 Å². The molecule has 206 valence electrons. The second-order valence-electron chi connectivity index (χ2n) is 10.2. The Hall–Kier alpha value is -3.75. The molecule has 0 aliphatic rings. The molecule has 1 unspecified atom stereocenters. The van der Waals surface area contributed by atoms with Crippen LogP contribution in [0.3, 0.4) is 0 Å². The first kappa shape index (κ1) is 27.8. The molecule has 8 heteroatoms. The number of carbonyl (C=O) groups is 1. The van der Waals surface area contributed by atoms with E-state index in [1.165, 1.54) is 0 Å². The first-order valence-corrected chi connectivity index (χ1v) is 14.3. The lowest BCUT2D eigenvalue weighted by molar-refractivity contribution is 0.0649. The number of carbonyl (C=O) groups excluding carboxylic acids is 1. The molecular formula is C32H33BrN4O3. The third kappa shape index (κ3) is 5.74. The van der Waals surface area contributed by atoms with Crippen molar-refractivity contribution in [1.29, 1.82) is 0 Å². The van der Waals surface area contributed by atoms with E-state index in [2.05, 4.69) is 20.8 Å². The minimum Gasteiger partial charge on any atom is -0.448 e. The van der Waals surface area contributed by atoms with Gasteiger partial charge in [0.25, 0.3) is 11.5 Å². The van der Waals surface area contributed by atoms with Crippen LogP contribution >= 0.6 is 15.9 Å². The van der Waals surface area contributed by atoms with E-state index in [1.54, 1.807) is 4.57 Å². The zero-order valence-electron chi connectivity index (χ0n) is 23.0. The summed E-state index contributed by atoms with van der Waals surface area (Å²) in [7, 11) is 4.05. The van der Waals surface area contributed by atoms with Crippen LogP contribution in [0.4, 0.5) is 0 Å². The van der Waals surface area contributed by atoms with Gasteiger partial charge in [-0.25, -0.2) is 4.98 Å². The maximum atomic E-state index is 14.1. The van der Waals surface area contributed by atoms with Gasteiger partial charge in [0.2, 0.25) is 5.58 Å². The molecule has 0 aliphatic carbocycles. The standard InChI is InChI=1S/C32H33BrN4O3/c1-4-26(36(20-10-19-35(2)3)31(38)23-15-17-24(33)18-16-23)30-34-28-25-13-8-9-14-27(25)40-29(28)32(39)37(30)21-22-11-6-5-7-12-22/h5-9,11-18,26H,4,10,19-21H2,1-3H3. The molecule has 40 heavy (non-hydrogen) atoms.